The number of para-hydroxylation sites is 2. The van der Waals surface area contributed by atoms with E-state index in [1.54, 1.807) is 12.1 Å². The van der Waals surface area contributed by atoms with Crippen molar-refractivity contribution in [3.8, 4) is 0 Å². The molecule has 11 heteroatoms. The Morgan fingerprint density at radius 1 is 0.700 bits per heavy atom. The Bertz CT molecular complexity index is 799. The number of hydrogen-bond acceptors (Lipinski definition) is 3. The fraction of sp³-hybridized carbons (Fsp3) is 0.316. The van der Waals surface area contributed by atoms with Crippen LogP contribution < -0.4 is 21.3 Å². The quantitative estimate of drug-likeness (QED) is 0.253. The highest BCUT2D eigenvalue weighted by atomic mass is 35.6. The highest BCUT2D eigenvalue weighted by molar-refractivity contribution is 6.68. The van der Waals surface area contributed by atoms with Gasteiger partial charge >= 0.3 is 6.03 Å². The molecule has 2 amide bonds. The summed E-state index contributed by atoms with van der Waals surface area (Å²) in [4.78, 5) is 12.7. The van der Waals surface area contributed by atoms with Gasteiger partial charge in [-0.15, -0.1) is 0 Å². The first-order valence-corrected chi connectivity index (χ1v) is 11.0. The van der Waals surface area contributed by atoms with Crippen LogP contribution in [0.2, 0.25) is 0 Å². The van der Waals surface area contributed by atoms with E-state index in [1.807, 2.05) is 50.2 Å². The number of anilines is 2. The molecule has 0 saturated carbocycles. The second-order valence-corrected chi connectivity index (χ2v) is 11.2. The molecule has 0 aliphatic heterocycles. The van der Waals surface area contributed by atoms with Gasteiger partial charge in [-0.25, -0.2) is 4.79 Å². The van der Waals surface area contributed by atoms with Gasteiger partial charge in [0.25, 0.3) is 0 Å². The molecular formula is C19H20Cl6N4O. The van der Waals surface area contributed by atoms with Crippen LogP contribution in [0.1, 0.15) is 11.1 Å². The normalized spacial score (nSPS) is 13.9. The number of aryl methyl sites for hydroxylation is 2. The third-order valence-corrected chi connectivity index (χ3v) is 5.40. The molecule has 2 aromatic carbocycles. The Morgan fingerprint density at radius 3 is 1.33 bits per heavy atom. The van der Waals surface area contributed by atoms with E-state index < -0.39 is 25.9 Å². The number of nitrogens with one attached hydrogen (secondary N) is 4. The van der Waals surface area contributed by atoms with E-state index in [0.29, 0.717) is 11.4 Å². The Labute approximate surface area is 205 Å². The average Bonchev–Trinajstić information content (AvgIpc) is 2.62. The maximum Gasteiger partial charge on any atom is 0.318 e. The number of amides is 2. The van der Waals surface area contributed by atoms with Gasteiger partial charge in [0.15, 0.2) is 0 Å². The first kappa shape index (κ1) is 25.3. The van der Waals surface area contributed by atoms with Crippen LogP contribution in [0.3, 0.4) is 0 Å². The molecule has 0 bridgehead atoms. The fourth-order valence-corrected chi connectivity index (χ4v) is 3.14. The predicted octanol–water partition coefficient (Wildman–Crippen LogP) is 6.52. The first-order chi connectivity index (χ1) is 13.9. The molecular weight excluding hydrogens is 513 g/mol. The Balaban J connectivity index is 2.15. The second-order valence-electron chi connectivity index (χ2n) is 6.49. The van der Waals surface area contributed by atoms with E-state index in [-0.39, 0.29) is 0 Å². The van der Waals surface area contributed by atoms with Gasteiger partial charge in [-0.05, 0) is 37.1 Å². The maximum atomic E-state index is 12.7. The number of halogens is 6. The van der Waals surface area contributed by atoms with E-state index in [0.717, 1.165) is 11.1 Å². The molecule has 0 aliphatic rings. The van der Waals surface area contributed by atoms with Crippen molar-refractivity contribution in [3.05, 3.63) is 59.7 Å². The summed E-state index contributed by atoms with van der Waals surface area (Å²) in [6.45, 7) is 3.76. The molecule has 30 heavy (non-hydrogen) atoms. The molecule has 2 rings (SSSR count). The largest absolute Gasteiger partial charge is 0.362 e. The lowest BCUT2D eigenvalue weighted by Crippen LogP contribution is -2.57. The number of hydrogen-bond donors (Lipinski definition) is 4. The monoisotopic (exact) mass is 530 g/mol. The molecule has 0 aliphatic carbocycles. The summed E-state index contributed by atoms with van der Waals surface area (Å²) in [5, 5.41) is 11.1. The highest BCUT2D eigenvalue weighted by Crippen LogP contribution is 2.33. The van der Waals surface area contributed by atoms with Crippen LogP contribution in [0.5, 0.6) is 0 Å². The number of alkyl halides is 6. The summed E-state index contributed by atoms with van der Waals surface area (Å²) < 4.78 is -3.73. The van der Waals surface area contributed by atoms with Crippen molar-refractivity contribution in [3.63, 3.8) is 0 Å². The summed E-state index contributed by atoms with van der Waals surface area (Å²) in [5.74, 6) is 0. The van der Waals surface area contributed by atoms with Crippen molar-refractivity contribution in [2.45, 2.75) is 33.8 Å². The molecule has 2 aromatic rings. The first-order valence-electron chi connectivity index (χ1n) is 8.72. The summed E-state index contributed by atoms with van der Waals surface area (Å²) in [7, 11) is 0. The van der Waals surface area contributed by atoms with Crippen molar-refractivity contribution in [2.75, 3.05) is 10.6 Å². The molecule has 0 spiro atoms. The van der Waals surface area contributed by atoms with Gasteiger partial charge in [-0.1, -0.05) is 106 Å². The zero-order valence-corrected chi connectivity index (χ0v) is 20.5. The van der Waals surface area contributed by atoms with Gasteiger partial charge in [0.2, 0.25) is 7.59 Å². The van der Waals surface area contributed by atoms with Crippen LogP contribution in [0, 0.1) is 13.8 Å². The van der Waals surface area contributed by atoms with Crippen molar-refractivity contribution in [1.82, 2.24) is 10.6 Å². The molecule has 2 unspecified atom stereocenters. The smallest absolute Gasteiger partial charge is 0.318 e. The van der Waals surface area contributed by atoms with Crippen LogP contribution in [0.25, 0.3) is 0 Å². The molecule has 4 N–H and O–H groups in total. The van der Waals surface area contributed by atoms with E-state index in [4.69, 9.17) is 69.6 Å². The number of carbonyl (C=O) groups excluding carboxylic acids is 1. The van der Waals surface area contributed by atoms with E-state index in [1.165, 1.54) is 0 Å². The maximum absolute atomic E-state index is 12.7. The third-order valence-electron chi connectivity index (χ3n) is 4.10. The molecule has 0 heterocycles. The number of urea groups is 1. The molecule has 2 atom stereocenters. The molecule has 164 valence electrons. The van der Waals surface area contributed by atoms with Crippen molar-refractivity contribution >= 4 is 87.0 Å². The predicted molar refractivity (Wildman–Crippen MR) is 129 cm³/mol. The zero-order valence-electron chi connectivity index (χ0n) is 15.9. The summed E-state index contributed by atoms with van der Waals surface area (Å²) in [5.41, 5.74) is 3.17. The molecule has 5 nitrogen and oxygen atoms in total. The summed E-state index contributed by atoms with van der Waals surface area (Å²) in [6, 6.07) is 14.0. The number of carbonyl (C=O) groups is 1. The van der Waals surface area contributed by atoms with Gasteiger partial charge in [0, 0.05) is 11.4 Å². The van der Waals surface area contributed by atoms with Crippen LogP contribution in [0.15, 0.2) is 48.5 Å². The van der Waals surface area contributed by atoms with E-state index >= 15 is 0 Å². The van der Waals surface area contributed by atoms with Gasteiger partial charge in [0.1, 0.15) is 12.3 Å². The molecule has 0 fully saturated rings. The van der Waals surface area contributed by atoms with Gasteiger partial charge in [0.05, 0.1) is 0 Å². The van der Waals surface area contributed by atoms with Crippen molar-refractivity contribution in [2.24, 2.45) is 0 Å². The van der Waals surface area contributed by atoms with Crippen LogP contribution >= 0.6 is 69.6 Å². The van der Waals surface area contributed by atoms with Crippen molar-refractivity contribution in [1.29, 1.82) is 0 Å². The fourth-order valence-electron chi connectivity index (χ4n) is 2.48. The third kappa shape index (κ3) is 7.63. The Morgan fingerprint density at radius 2 is 1.03 bits per heavy atom. The van der Waals surface area contributed by atoms with Crippen LogP contribution in [-0.2, 0) is 0 Å². The van der Waals surface area contributed by atoms with Gasteiger partial charge in [-0.3, -0.25) is 0 Å². The minimum Gasteiger partial charge on any atom is -0.362 e. The van der Waals surface area contributed by atoms with E-state index in [2.05, 4.69) is 21.3 Å². The standard InChI is InChI=1S/C19H20Cl6N4O/c1-11-7-3-5-9-13(11)26-15(18(20,21)22)28-17(30)29-16(19(23,24)25)27-14-10-6-4-8-12(14)2/h3-10,15-16,26-27H,1-2H3,(H2,28,29,30). The lowest BCUT2D eigenvalue weighted by atomic mass is 10.2. The average molecular weight is 533 g/mol. The van der Waals surface area contributed by atoms with Crippen LogP contribution in [-0.4, -0.2) is 25.9 Å². The summed E-state index contributed by atoms with van der Waals surface area (Å²) in [6.07, 6.45) is -2.14. The lowest BCUT2D eigenvalue weighted by molar-refractivity contribution is 0.235. The molecule has 0 aromatic heterocycles. The topological polar surface area (TPSA) is 65.2 Å². The molecule has 0 saturated heterocycles. The number of benzene rings is 2. The number of rotatable bonds is 6. The van der Waals surface area contributed by atoms with Crippen molar-refractivity contribution < 1.29 is 4.79 Å². The Kier molecular flexibility index (Phi) is 8.92. The molecule has 0 radical (unpaired) electrons. The van der Waals surface area contributed by atoms with E-state index in [9.17, 15) is 4.79 Å². The SMILES string of the molecule is Cc1ccccc1NC(NC(=O)NC(Nc1ccccc1C)C(Cl)(Cl)Cl)C(Cl)(Cl)Cl. The second kappa shape index (κ2) is 10.6. The van der Waals surface area contributed by atoms with Crippen LogP contribution in [0.4, 0.5) is 16.2 Å². The minimum absolute atomic E-state index is 0.685. The Hall–Kier alpha value is -0.950. The minimum atomic E-state index is -1.86. The lowest BCUT2D eigenvalue weighted by Gasteiger charge is -2.31. The summed E-state index contributed by atoms with van der Waals surface area (Å²) >= 11 is 36.3. The van der Waals surface area contributed by atoms with Gasteiger partial charge < -0.3 is 21.3 Å². The zero-order chi connectivity index (χ0) is 22.5. The van der Waals surface area contributed by atoms with Gasteiger partial charge in [-0.2, -0.15) is 0 Å². The highest BCUT2D eigenvalue weighted by Gasteiger charge is 2.38.